The number of aryl methyl sites for hydroxylation is 2. The van der Waals surface area contributed by atoms with E-state index in [0.29, 0.717) is 17.3 Å². The molecule has 0 saturated heterocycles. The fraction of sp³-hybridized carbons (Fsp3) is 0.231. The van der Waals surface area contributed by atoms with E-state index in [1.54, 1.807) is 17.8 Å². The van der Waals surface area contributed by atoms with Crippen LogP contribution in [0.1, 0.15) is 21.6 Å². The van der Waals surface area contributed by atoms with Gasteiger partial charge in [0.05, 0.1) is 0 Å². The van der Waals surface area contributed by atoms with Gasteiger partial charge in [0, 0.05) is 30.4 Å². The largest absolute Gasteiger partial charge is 0.347 e. The fourth-order valence-electron chi connectivity index (χ4n) is 1.73. The number of carbonyl (C=O) groups is 1. The second-order valence-corrected chi connectivity index (χ2v) is 4.52. The van der Waals surface area contributed by atoms with Gasteiger partial charge >= 0.3 is 0 Å². The molecule has 0 aliphatic carbocycles. The Kier molecular flexibility index (Phi) is 3.67. The number of halogens is 1. The smallest absolute Gasteiger partial charge is 0.272 e. The number of hydrogen-bond donors (Lipinski definition) is 1. The van der Waals surface area contributed by atoms with Gasteiger partial charge < -0.3 is 5.32 Å². The van der Waals surface area contributed by atoms with E-state index in [1.807, 2.05) is 31.3 Å². The molecule has 0 aliphatic rings. The van der Waals surface area contributed by atoms with Crippen LogP contribution in [0, 0.1) is 6.92 Å². The van der Waals surface area contributed by atoms with Crippen molar-refractivity contribution in [3.05, 3.63) is 52.3 Å². The molecule has 0 spiro atoms. The zero-order chi connectivity index (χ0) is 13.1. The predicted molar refractivity (Wildman–Crippen MR) is 70.6 cm³/mol. The van der Waals surface area contributed by atoms with Crippen molar-refractivity contribution in [2.24, 2.45) is 7.05 Å². The molecule has 2 aromatic rings. The SMILES string of the molecule is Cc1cn(C)nc1C(=O)NCc1ccccc1Cl. The van der Waals surface area contributed by atoms with Crippen LogP contribution in [-0.4, -0.2) is 15.7 Å². The molecule has 1 aromatic carbocycles. The van der Waals surface area contributed by atoms with Gasteiger partial charge in [0.2, 0.25) is 0 Å². The maximum absolute atomic E-state index is 11.9. The van der Waals surface area contributed by atoms with Crippen molar-refractivity contribution in [3.8, 4) is 0 Å². The summed E-state index contributed by atoms with van der Waals surface area (Å²) in [5, 5.41) is 7.58. The van der Waals surface area contributed by atoms with Crippen LogP contribution < -0.4 is 5.32 Å². The lowest BCUT2D eigenvalue weighted by atomic mass is 10.2. The zero-order valence-electron chi connectivity index (χ0n) is 10.3. The number of aromatic nitrogens is 2. The molecule has 0 atom stereocenters. The number of carbonyl (C=O) groups excluding carboxylic acids is 1. The van der Waals surface area contributed by atoms with E-state index in [4.69, 9.17) is 11.6 Å². The van der Waals surface area contributed by atoms with Gasteiger partial charge in [0.25, 0.3) is 5.91 Å². The first-order chi connectivity index (χ1) is 8.58. The van der Waals surface area contributed by atoms with E-state index in [9.17, 15) is 4.79 Å². The van der Waals surface area contributed by atoms with Gasteiger partial charge in [-0.1, -0.05) is 29.8 Å². The summed E-state index contributed by atoms with van der Waals surface area (Å²) in [5.41, 5.74) is 2.19. The highest BCUT2D eigenvalue weighted by Crippen LogP contribution is 2.14. The number of benzene rings is 1. The van der Waals surface area contributed by atoms with Crippen molar-refractivity contribution < 1.29 is 4.79 Å². The molecule has 1 aromatic heterocycles. The first-order valence-corrected chi connectivity index (χ1v) is 5.97. The molecule has 1 heterocycles. The van der Waals surface area contributed by atoms with Gasteiger partial charge in [-0.15, -0.1) is 0 Å². The van der Waals surface area contributed by atoms with E-state index >= 15 is 0 Å². The monoisotopic (exact) mass is 263 g/mol. The molecule has 0 saturated carbocycles. The molecular weight excluding hydrogens is 250 g/mol. The van der Waals surface area contributed by atoms with Gasteiger partial charge in [-0.3, -0.25) is 9.48 Å². The summed E-state index contributed by atoms with van der Waals surface area (Å²) in [5.74, 6) is -0.187. The van der Waals surface area contributed by atoms with E-state index in [1.165, 1.54) is 0 Å². The minimum Gasteiger partial charge on any atom is -0.347 e. The van der Waals surface area contributed by atoms with E-state index in [2.05, 4.69) is 10.4 Å². The molecule has 1 amide bonds. The lowest BCUT2D eigenvalue weighted by Gasteiger charge is -2.05. The lowest BCUT2D eigenvalue weighted by molar-refractivity contribution is 0.0944. The summed E-state index contributed by atoms with van der Waals surface area (Å²) in [4.78, 5) is 11.9. The fourth-order valence-corrected chi connectivity index (χ4v) is 1.93. The third kappa shape index (κ3) is 2.71. The van der Waals surface area contributed by atoms with Crippen LogP contribution in [0.25, 0.3) is 0 Å². The molecule has 4 nitrogen and oxygen atoms in total. The Morgan fingerprint density at radius 2 is 2.17 bits per heavy atom. The second-order valence-electron chi connectivity index (χ2n) is 4.11. The first kappa shape index (κ1) is 12.6. The van der Waals surface area contributed by atoms with E-state index in [0.717, 1.165) is 11.1 Å². The molecule has 5 heteroatoms. The molecule has 1 N–H and O–H groups in total. The van der Waals surface area contributed by atoms with Crippen LogP contribution in [0.2, 0.25) is 5.02 Å². The third-order valence-electron chi connectivity index (χ3n) is 2.62. The average Bonchev–Trinajstić information content (AvgIpc) is 2.67. The van der Waals surface area contributed by atoms with Crippen LogP contribution in [0.4, 0.5) is 0 Å². The normalized spacial score (nSPS) is 10.4. The average molecular weight is 264 g/mol. The molecule has 0 aliphatic heterocycles. The topological polar surface area (TPSA) is 46.9 Å². The molecule has 0 radical (unpaired) electrons. The third-order valence-corrected chi connectivity index (χ3v) is 2.99. The van der Waals surface area contributed by atoms with Crippen molar-refractivity contribution >= 4 is 17.5 Å². The predicted octanol–water partition coefficient (Wildman–Crippen LogP) is 2.31. The summed E-state index contributed by atoms with van der Waals surface area (Å²) >= 11 is 6.02. The first-order valence-electron chi connectivity index (χ1n) is 5.60. The highest BCUT2D eigenvalue weighted by atomic mass is 35.5. The van der Waals surface area contributed by atoms with Gasteiger partial charge in [0.15, 0.2) is 5.69 Å². The quantitative estimate of drug-likeness (QED) is 0.924. The number of nitrogens with zero attached hydrogens (tertiary/aromatic N) is 2. The highest BCUT2D eigenvalue weighted by Gasteiger charge is 2.12. The van der Waals surface area contributed by atoms with Gasteiger partial charge in [-0.2, -0.15) is 5.10 Å². The van der Waals surface area contributed by atoms with Crippen LogP contribution in [-0.2, 0) is 13.6 Å². The second kappa shape index (κ2) is 5.23. The Balaban J connectivity index is 2.05. The maximum atomic E-state index is 11.9. The van der Waals surface area contributed by atoms with Crippen LogP contribution in [0.3, 0.4) is 0 Å². The molecular formula is C13H14ClN3O. The van der Waals surface area contributed by atoms with Gasteiger partial charge in [0.1, 0.15) is 0 Å². The number of hydrogen-bond acceptors (Lipinski definition) is 2. The van der Waals surface area contributed by atoms with Crippen molar-refractivity contribution in [2.45, 2.75) is 13.5 Å². The molecule has 0 unspecified atom stereocenters. The molecule has 2 rings (SSSR count). The Morgan fingerprint density at radius 3 is 2.78 bits per heavy atom. The van der Waals surface area contributed by atoms with Crippen molar-refractivity contribution in [1.29, 1.82) is 0 Å². The Labute approximate surface area is 111 Å². The zero-order valence-corrected chi connectivity index (χ0v) is 11.0. The molecule has 0 bridgehead atoms. The van der Waals surface area contributed by atoms with Crippen molar-refractivity contribution in [1.82, 2.24) is 15.1 Å². The Hall–Kier alpha value is -1.81. The maximum Gasteiger partial charge on any atom is 0.272 e. The minimum absolute atomic E-state index is 0.187. The molecule has 0 fully saturated rings. The lowest BCUT2D eigenvalue weighted by Crippen LogP contribution is -2.24. The number of amides is 1. The van der Waals surface area contributed by atoms with Crippen LogP contribution >= 0.6 is 11.6 Å². The van der Waals surface area contributed by atoms with E-state index < -0.39 is 0 Å². The number of nitrogens with one attached hydrogen (secondary N) is 1. The Bertz CT molecular complexity index is 577. The molecule has 18 heavy (non-hydrogen) atoms. The summed E-state index contributed by atoms with van der Waals surface area (Å²) in [6.45, 7) is 2.26. The summed E-state index contributed by atoms with van der Waals surface area (Å²) < 4.78 is 1.62. The summed E-state index contributed by atoms with van der Waals surface area (Å²) in [6.07, 6.45) is 1.81. The van der Waals surface area contributed by atoms with Crippen molar-refractivity contribution in [2.75, 3.05) is 0 Å². The standard InChI is InChI=1S/C13H14ClN3O/c1-9-8-17(2)16-12(9)13(18)15-7-10-5-3-4-6-11(10)14/h3-6,8H,7H2,1-2H3,(H,15,18). The minimum atomic E-state index is -0.187. The number of rotatable bonds is 3. The van der Waals surface area contributed by atoms with E-state index in [-0.39, 0.29) is 5.91 Å². The summed E-state index contributed by atoms with van der Waals surface area (Å²) in [6, 6.07) is 7.43. The summed E-state index contributed by atoms with van der Waals surface area (Å²) in [7, 11) is 1.79. The highest BCUT2D eigenvalue weighted by molar-refractivity contribution is 6.31. The van der Waals surface area contributed by atoms with Crippen LogP contribution in [0.5, 0.6) is 0 Å². The van der Waals surface area contributed by atoms with Gasteiger partial charge in [-0.05, 0) is 18.6 Å². The van der Waals surface area contributed by atoms with Crippen molar-refractivity contribution in [3.63, 3.8) is 0 Å². The Morgan fingerprint density at radius 1 is 1.44 bits per heavy atom. The van der Waals surface area contributed by atoms with Gasteiger partial charge in [-0.25, -0.2) is 0 Å². The molecule has 94 valence electrons. The van der Waals surface area contributed by atoms with Crippen LogP contribution in [0.15, 0.2) is 30.5 Å².